The van der Waals surface area contributed by atoms with Gasteiger partial charge in [0.2, 0.25) is 0 Å². The van der Waals surface area contributed by atoms with Gasteiger partial charge in [0, 0.05) is 31.1 Å². The molecule has 1 aliphatic heterocycles. The number of benzene rings is 1. The van der Waals surface area contributed by atoms with Crippen LogP contribution in [0.2, 0.25) is 0 Å². The van der Waals surface area contributed by atoms with Crippen LogP contribution in [0.5, 0.6) is 0 Å². The lowest BCUT2D eigenvalue weighted by Crippen LogP contribution is -2.46. The van der Waals surface area contributed by atoms with Gasteiger partial charge in [0.25, 0.3) is 0 Å². The summed E-state index contributed by atoms with van der Waals surface area (Å²) in [5.41, 5.74) is 2.97. The fraction of sp³-hybridized carbons (Fsp3) is 0.300. The van der Waals surface area contributed by atoms with Crippen LogP contribution in [-0.2, 0) is 0 Å². The van der Waals surface area contributed by atoms with Gasteiger partial charge in [-0.1, -0.05) is 18.2 Å². The highest BCUT2D eigenvalue weighted by molar-refractivity contribution is 7.15. The number of aryl methyl sites for hydroxylation is 2. The van der Waals surface area contributed by atoms with Crippen molar-refractivity contribution in [3.05, 3.63) is 53.4 Å². The summed E-state index contributed by atoms with van der Waals surface area (Å²) in [4.78, 5) is 19.8. The summed E-state index contributed by atoms with van der Waals surface area (Å²) in [6, 6.07) is 10.1. The standard InChI is InChI=1S/C20H21N7S/c1-14-15(2)28-20(24-14)26-10-8-25(9-11-26)18-17-12-23-27(19(17)22-13-21-18)16-6-4-3-5-7-16/h3-7,12-13H,8-11H2,1-2H3. The Labute approximate surface area is 167 Å². The van der Waals surface area contributed by atoms with Crippen molar-refractivity contribution in [1.82, 2.24) is 24.7 Å². The molecule has 3 aromatic heterocycles. The van der Waals surface area contributed by atoms with E-state index < -0.39 is 0 Å². The first-order valence-electron chi connectivity index (χ1n) is 9.39. The van der Waals surface area contributed by atoms with Crippen LogP contribution in [0.1, 0.15) is 10.6 Å². The smallest absolute Gasteiger partial charge is 0.185 e. The number of para-hydroxylation sites is 1. The van der Waals surface area contributed by atoms with Gasteiger partial charge in [0.1, 0.15) is 12.1 Å². The number of nitrogens with zero attached hydrogens (tertiary/aromatic N) is 7. The van der Waals surface area contributed by atoms with Crippen molar-refractivity contribution < 1.29 is 0 Å². The van der Waals surface area contributed by atoms with Gasteiger partial charge in [0.15, 0.2) is 10.8 Å². The third-order valence-corrected chi connectivity index (χ3v) is 6.35. The minimum atomic E-state index is 0.838. The second-order valence-electron chi connectivity index (χ2n) is 6.94. The Bertz CT molecular complexity index is 1090. The molecule has 0 bridgehead atoms. The summed E-state index contributed by atoms with van der Waals surface area (Å²) in [5, 5.41) is 6.68. The Balaban J connectivity index is 1.41. The van der Waals surface area contributed by atoms with E-state index in [1.54, 1.807) is 17.7 Å². The van der Waals surface area contributed by atoms with Crippen molar-refractivity contribution in [3.8, 4) is 5.69 Å². The predicted octanol–water partition coefficient (Wildman–Crippen LogP) is 3.22. The molecule has 1 fully saturated rings. The number of rotatable bonds is 3. The molecule has 1 saturated heterocycles. The molecule has 4 heterocycles. The van der Waals surface area contributed by atoms with Crippen LogP contribution in [0.25, 0.3) is 16.7 Å². The van der Waals surface area contributed by atoms with E-state index >= 15 is 0 Å². The van der Waals surface area contributed by atoms with Crippen LogP contribution in [-0.4, -0.2) is 50.9 Å². The monoisotopic (exact) mass is 391 g/mol. The first-order valence-corrected chi connectivity index (χ1v) is 10.2. The summed E-state index contributed by atoms with van der Waals surface area (Å²) in [5.74, 6) is 0.957. The first kappa shape index (κ1) is 17.1. The Hall–Kier alpha value is -3.00. The number of piperazine rings is 1. The number of hydrogen-bond donors (Lipinski definition) is 0. The van der Waals surface area contributed by atoms with E-state index in [9.17, 15) is 0 Å². The first-order chi connectivity index (χ1) is 13.7. The molecule has 1 aromatic carbocycles. The summed E-state index contributed by atoms with van der Waals surface area (Å²) in [7, 11) is 0. The molecule has 0 aliphatic carbocycles. The zero-order valence-electron chi connectivity index (χ0n) is 15.9. The topological polar surface area (TPSA) is 63.0 Å². The van der Waals surface area contributed by atoms with Crippen LogP contribution in [0.3, 0.4) is 0 Å². The van der Waals surface area contributed by atoms with Crippen molar-refractivity contribution in [2.45, 2.75) is 13.8 Å². The van der Waals surface area contributed by atoms with Gasteiger partial charge in [-0.15, -0.1) is 11.3 Å². The normalized spacial score (nSPS) is 14.8. The summed E-state index contributed by atoms with van der Waals surface area (Å²) in [6.07, 6.45) is 3.51. The van der Waals surface area contributed by atoms with Gasteiger partial charge in [-0.25, -0.2) is 19.6 Å². The number of thiazole rings is 1. The zero-order valence-corrected chi connectivity index (χ0v) is 16.7. The molecule has 0 amide bonds. The average molecular weight is 392 g/mol. The van der Waals surface area contributed by atoms with Gasteiger partial charge >= 0.3 is 0 Å². The van der Waals surface area contributed by atoms with Gasteiger partial charge in [-0.05, 0) is 26.0 Å². The van der Waals surface area contributed by atoms with Crippen LogP contribution < -0.4 is 9.80 Å². The van der Waals surface area contributed by atoms with Crippen molar-refractivity contribution >= 4 is 33.3 Å². The molecule has 8 heteroatoms. The van der Waals surface area contributed by atoms with Gasteiger partial charge in [0.05, 0.1) is 23.0 Å². The highest BCUT2D eigenvalue weighted by atomic mass is 32.1. The highest BCUT2D eigenvalue weighted by Crippen LogP contribution is 2.29. The maximum atomic E-state index is 4.71. The highest BCUT2D eigenvalue weighted by Gasteiger charge is 2.23. The van der Waals surface area contributed by atoms with E-state index in [0.717, 1.165) is 59.5 Å². The molecular weight excluding hydrogens is 370 g/mol. The zero-order chi connectivity index (χ0) is 19.1. The Morgan fingerprint density at radius 3 is 2.39 bits per heavy atom. The minimum Gasteiger partial charge on any atom is -0.352 e. The van der Waals surface area contributed by atoms with Gasteiger partial charge < -0.3 is 9.80 Å². The van der Waals surface area contributed by atoms with Crippen molar-refractivity contribution in [2.24, 2.45) is 0 Å². The van der Waals surface area contributed by atoms with E-state index in [1.165, 1.54) is 4.88 Å². The molecule has 0 unspecified atom stereocenters. The molecule has 0 radical (unpaired) electrons. The SMILES string of the molecule is Cc1nc(N2CCN(c3ncnc4c3cnn4-c3ccccc3)CC2)sc1C. The Morgan fingerprint density at radius 1 is 0.929 bits per heavy atom. The quantitative estimate of drug-likeness (QED) is 0.534. The van der Waals surface area contributed by atoms with E-state index in [4.69, 9.17) is 4.98 Å². The summed E-state index contributed by atoms with van der Waals surface area (Å²) < 4.78 is 1.87. The molecule has 1 aliphatic rings. The second-order valence-corrected chi connectivity index (χ2v) is 8.12. The molecule has 5 rings (SSSR count). The molecule has 7 nitrogen and oxygen atoms in total. The maximum Gasteiger partial charge on any atom is 0.185 e. The molecule has 0 saturated carbocycles. The Morgan fingerprint density at radius 2 is 1.68 bits per heavy atom. The molecule has 4 aromatic rings. The van der Waals surface area contributed by atoms with Gasteiger partial charge in [-0.3, -0.25) is 0 Å². The summed E-state index contributed by atoms with van der Waals surface area (Å²) >= 11 is 1.78. The minimum absolute atomic E-state index is 0.838. The molecule has 28 heavy (non-hydrogen) atoms. The van der Waals surface area contributed by atoms with Crippen LogP contribution in [0.4, 0.5) is 10.9 Å². The average Bonchev–Trinajstić information content (AvgIpc) is 3.32. The number of aromatic nitrogens is 5. The van der Waals surface area contributed by atoms with E-state index in [2.05, 4.69) is 38.7 Å². The lowest BCUT2D eigenvalue weighted by molar-refractivity contribution is 0.647. The fourth-order valence-corrected chi connectivity index (χ4v) is 4.50. The number of hydrogen-bond acceptors (Lipinski definition) is 7. The lowest BCUT2D eigenvalue weighted by Gasteiger charge is -2.35. The maximum absolute atomic E-state index is 4.71. The van der Waals surface area contributed by atoms with E-state index in [1.807, 2.05) is 41.2 Å². The van der Waals surface area contributed by atoms with Crippen molar-refractivity contribution in [3.63, 3.8) is 0 Å². The molecule has 0 spiro atoms. The number of fused-ring (bicyclic) bond motifs is 1. The fourth-order valence-electron chi connectivity index (χ4n) is 3.54. The second kappa shape index (κ2) is 6.87. The third-order valence-electron chi connectivity index (χ3n) is 5.21. The number of anilines is 2. The molecule has 0 N–H and O–H groups in total. The van der Waals surface area contributed by atoms with Crippen LogP contribution in [0, 0.1) is 13.8 Å². The largest absolute Gasteiger partial charge is 0.352 e. The Kier molecular flexibility index (Phi) is 4.20. The van der Waals surface area contributed by atoms with Crippen LogP contribution >= 0.6 is 11.3 Å². The van der Waals surface area contributed by atoms with E-state index in [0.29, 0.717) is 0 Å². The lowest BCUT2D eigenvalue weighted by atomic mass is 10.3. The third kappa shape index (κ3) is 2.90. The molecular formula is C20H21N7S. The predicted molar refractivity (Wildman–Crippen MR) is 113 cm³/mol. The summed E-state index contributed by atoms with van der Waals surface area (Å²) in [6.45, 7) is 7.89. The van der Waals surface area contributed by atoms with Crippen LogP contribution in [0.15, 0.2) is 42.9 Å². The van der Waals surface area contributed by atoms with Crippen molar-refractivity contribution in [2.75, 3.05) is 36.0 Å². The molecule has 142 valence electrons. The van der Waals surface area contributed by atoms with Gasteiger partial charge in [-0.2, -0.15) is 5.10 Å². The van der Waals surface area contributed by atoms with Crippen molar-refractivity contribution in [1.29, 1.82) is 0 Å². The van der Waals surface area contributed by atoms with E-state index in [-0.39, 0.29) is 0 Å². The molecule has 0 atom stereocenters.